The Morgan fingerprint density at radius 1 is 1.53 bits per heavy atom. The van der Waals surface area contributed by atoms with Crippen LogP contribution in [0, 0.1) is 13.8 Å². The van der Waals surface area contributed by atoms with Gasteiger partial charge in [0.05, 0.1) is 5.56 Å². The monoisotopic (exact) mass is 252 g/mol. The van der Waals surface area contributed by atoms with Crippen molar-refractivity contribution in [3.8, 4) is 0 Å². The van der Waals surface area contributed by atoms with E-state index in [1.165, 1.54) is 11.3 Å². The number of carbonyl (C=O) groups excluding carboxylic acids is 1. The molecule has 1 saturated heterocycles. The summed E-state index contributed by atoms with van der Waals surface area (Å²) in [5.41, 5.74) is 0.893. The van der Waals surface area contributed by atoms with Crippen molar-refractivity contribution >= 4 is 17.2 Å². The van der Waals surface area contributed by atoms with Gasteiger partial charge in [-0.3, -0.25) is 4.79 Å². The van der Waals surface area contributed by atoms with E-state index in [0.29, 0.717) is 6.04 Å². The van der Waals surface area contributed by atoms with Gasteiger partial charge in [-0.05, 0) is 39.8 Å². The number of nitrogens with zero attached hydrogens (tertiary/aromatic N) is 1. The number of aryl methyl sites for hydroxylation is 2. The quantitative estimate of drug-likeness (QED) is 0.875. The van der Waals surface area contributed by atoms with Crippen LogP contribution in [0.5, 0.6) is 0 Å². The number of rotatable bonds is 2. The first kappa shape index (κ1) is 12.6. The smallest absolute Gasteiger partial charge is 0.255 e. The molecule has 2 rings (SSSR count). The molecule has 1 amide bonds. The predicted octanol–water partition coefficient (Wildman–Crippen LogP) is 2.19. The normalized spacial score (nSPS) is 20.6. The fourth-order valence-electron chi connectivity index (χ4n) is 2.41. The molecule has 1 N–H and O–H groups in total. The molecule has 0 spiro atoms. The van der Waals surface area contributed by atoms with E-state index in [1.54, 1.807) is 11.3 Å². The Morgan fingerprint density at radius 3 is 2.88 bits per heavy atom. The second-order valence-electron chi connectivity index (χ2n) is 4.71. The summed E-state index contributed by atoms with van der Waals surface area (Å²) in [5, 5.41) is 3.27. The molecule has 0 aliphatic carbocycles. The molecule has 3 nitrogen and oxygen atoms in total. The molecule has 1 aromatic rings. The maximum atomic E-state index is 12.4. The van der Waals surface area contributed by atoms with Crippen molar-refractivity contribution in [2.75, 3.05) is 20.1 Å². The SMILES string of the molecule is CN[C@H]1CCCN(C(=O)c2cc(C)sc2C)C1. The van der Waals surface area contributed by atoms with Gasteiger partial charge in [0.15, 0.2) is 0 Å². The molecule has 17 heavy (non-hydrogen) atoms. The summed E-state index contributed by atoms with van der Waals surface area (Å²) in [7, 11) is 1.97. The molecule has 1 fully saturated rings. The number of nitrogens with one attached hydrogen (secondary N) is 1. The molecule has 1 aliphatic rings. The Balaban J connectivity index is 2.12. The number of thiophene rings is 1. The van der Waals surface area contributed by atoms with E-state index < -0.39 is 0 Å². The van der Waals surface area contributed by atoms with Crippen LogP contribution in [0.1, 0.15) is 33.0 Å². The van der Waals surface area contributed by atoms with Crippen LogP contribution in [0.3, 0.4) is 0 Å². The summed E-state index contributed by atoms with van der Waals surface area (Å²) < 4.78 is 0. The Labute approximate surface area is 107 Å². The fraction of sp³-hybridized carbons (Fsp3) is 0.615. The second kappa shape index (κ2) is 5.19. The highest BCUT2D eigenvalue weighted by Crippen LogP contribution is 2.23. The zero-order chi connectivity index (χ0) is 12.4. The largest absolute Gasteiger partial charge is 0.337 e. The van der Waals surface area contributed by atoms with Crippen LogP contribution in [0.4, 0.5) is 0 Å². The third kappa shape index (κ3) is 2.69. The van der Waals surface area contributed by atoms with Gasteiger partial charge in [0, 0.05) is 28.9 Å². The number of hydrogen-bond donors (Lipinski definition) is 1. The number of carbonyl (C=O) groups is 1. The van der Waals surface area contributed by atoms with Gasteiger partial charge in [-0.25, -0.2) is 0 Å². The fourth-order valence-corrected chi connectivity index (χ4v) is 3.33. The van der Waals surface area contributed by atoms with Gasteiger partial charge in [0.2, 0.25) is 0 Å². The molecule has 1 aromatic heterocycles. The molecule has 0 aromatic carbocycles. The van der Waals surface area contributed by atoms with Crippen LogP contribution < -0.4 is 5.32 Å². The van der Waals surface area contributed by atoms with Crippen molar-refractivity contribution in [2.24, 2.45) is 0 Å². The van der Waals surface area contributed by atoms with Gasteiger partial charge < -0.3 is 10.2 Å². The summed E-state index contributed by atoms with van der Waals surface area (Å²) in [6.45, 7) is 5.82. The molecule has 0 saturated carbocycles. The van der Waals surface area contributed by atoms with Gasteiger partial charge in [0.25, 0.3) is 5.91 Å². The first-order valence-electron chi connectivity index (χ1n) is 6.15. The highest BCUT2D eigenvalue weighted by atomic mass is 32.1. The second-order valence-corrected chi connectivity index (χ2v) is 6.17. The minimum absolute atomic E-state index is 0.201. The van der Waals surface area contributed by atoms with E-state index >= 15 is 0 Å². The minimum Gasteiger partial charge on any atom is -0.337 e. The van der Waals surface area contributed by atoms with E-state index in [2.05, 4.69) is 12.2 Å². The van der Waals surface area contributed by atoms with Crippen molar-refractivity contribution in [2.45, 2.75) is 32.7 Å². The van der Waals surface area contributed by atoms with E-state index in [4.69, 9.17) is 0 Å². The summed E-state index contributed by atoms with van der Waals surface area (Å²) in [5.74, 6) is 0.201. The van der Waals surface area contributed by atoms with Gasteiger partial charge in [-0.1, -0.05) is 0 Å². The van der Waals surface area contributed by atoms with Crippen LogP contribution in [0.2, 0.25) is 0 Å². The lowest BCUT2D eigenvalue weighted by Crippen LogP contribution is -2.47. The summed E-state index contributed by atoms with van der Waals surface area (Å²) in [4.78, 5) is 16.7. The third-order valence-corrected chi connectivity index (χ3v) is 4.35. The van der Waals surface area contributed by atoms with Crippen molar-refractivity contribution in [3.05, 3.63) is 21.4 Å². The first-order valence-corrected chi connectivity index (χ1v) is 6.97. The lowest BCUT2D eigenvalue weighted by Gasteiger charge is -2.32. The van der Waals surface area contributed by atoms with Crippen LogP contribution in [-0.4, -0.2) is 37.0 Å². The molecule has 0 radical (unpaired) electrons. The number of likely N-dealkylation sites (tertiary alicyclic amines) is 1. The molecular formula is C13H20N2OS. The zero-order valence-corrected chi connectivity index (χ0v) is 11.6. The van der Waals surface area contributed by atoms with Crippen LogP contribution in [0.15, 0.2) is 6.07 Å². The van der Waals surface area contributed by atoms with E-state index in [9.17, 15) is 4.79 Å². The van der Waals surface area contributed by atoms with Crippen molar-refractivity contribution < 1.29 is 4.79 Å². The van der Waals surface area contributed by atoms with Crippen LogP contribution >= 0.6 is 11.3 Å². The van der Waals surface area contributed by atoms with Gasteiger partial charge in [-0.15, -0.1) is 11.3 Å². The van der Waals surface area contributed by atoms with Crippen molar-refractivity contribution in [1.82, 2.24) is 10.2 Å². The molecule has 1 atom stereocenters. The van der Waals surface area contributed by atoms with Crippen molar-refractivity contribution in [1.29, 1.82) is 0 Å². The molecule has 2 heterocycles. The minimum atomic E-state index is 0.201. The Kier molecular flexibility index (Phi) is 3.84. The lowest BCUT2D eigenvalue weighted by molar-refractivity contribution is 0.0698. The van der Waals surface area contributed by atoms with E-state index in [1.807, 2.05) is 24.9 Å². The summed E-state index contributed by atoms with van der Waals surface area (Å²) in [6, 6.07) is 2.47. The summed E-state index contributed by atoms with van der Waals surface area (Å²) in [6.07, 6.45) is 2.27. The Bertz CT molecular complexity index is 414. The number of likely N-dealkylation sites (N-methyl/N-ethyl adjacent to an activating group) is 1. The molecular weight excluding hydrogens is 232 g/mol. The molecule has 0 unspecified atom stereocenters. The molecule has 94 valence electrons. The van der Waals surface area contributed by atoms with Gasteiger partial charge in [0.1, 0.15) is 0 Å². The molecule has 4 heteroatoms. The maximum absolute atomic E-state index is 12.4. The van der Waals surface area contributed by atoms with Crippen LogP contribution in [-0.2, 0) is 0 Å². The van der Waals surface area contributed by atoms with Crippen LogP contribution in [0.25, 0.3) is 0 Å². The Hall–Kier alpha value is -0.870. The number of piperidine rings is 1. The maximum Gasteiger partial charge on any atom is 0.255 e. The van der Waals surface area contributed by atoms with Gasteiger partial charge >= 0.3 is 0 Å². The molecule has 0 bridgehead atoms. The number of hydrogen-bond acceptors (Lipinski definition) is 3. The standard InChI is InChI=1S/C13H20N2OS/c1-9-7-12(10(2)17-9)13(16)15-6-4-5-11(8-15)14-3/h7,11,14H,4-6,8H2,1-3H3/t11-/m0/s1. The summed E-state index contributed by atoms with van der Waals surface area (Å²) >= 11 is 1.70. The molecule has 1 aliphatic heterocycles. The van der Waals surface area contributed by atoms with E-state index in [-0.39, 0.29) is 5.91 Å². The lowest BCUT2D eigenvalue weighted by atomic mass is 10.0. The number of amides is 1. The average molecular weight is 252 g/mol. The highest BCUT2D eigenvalue weighted by Gasteiger charge is 2.25. The average Bonchev–Trinajstić information content (AvgIpc) is 2.67. The van der Waals surface area contributed by atoms with E-state index in [0.717, 1.165) is 30.0 Å². The van der Waals surface area contributed by atoms with Crippen molar-refractivity contribution in [3.63, 3.8) is 0 Å². The third-order valence-electron chi connectivity index (χ3n) is 3.39. The zero-order valence-electron chi connectivity index (χ0n) is 10.7. The topological polar surface area (TPSA) is 32.3 Å². The predicted molar refractivity (Wildman–Crippen MR) is 71.8 cm³/mol. The Morgan fingerprint density at radius 2 is 2.29 bits per heavy atom. The first-order chi connectivity index (χ1) is 8.11. The highest BCUT2D eigenvalue weighted by molar-refractivity contribution is 7.12. The van der Waals surface area contributed by atoms with Gasteiger partial charge in [-0.2, -0.15) is 0 Å².